The third-order valence-corrected chi connectivity index (χ3v) is 10.6. The minimum Gasteiger partial charge on any atom is -0.493 e. The number of carbonyl (C=O) groups excluding carboxylic acids is 1. The molecule has 1 amide bonds. The molecule has 2 aliphatic rings. The van der Waals surface area contributed by atoms with E-state index in [0.717, 1.165) is 43.9 Å². The summed E-state index contributed by atoms with van der Waals surface area (Å²) < 4.78 is 67.7. The molecule has 8 nitrogen and oxygen atoms in total. The zero-order valence-electron chi connectivity index (χ0n) is 29.0. The number of benzene rings is 3. The smallest absolute Gasteiger partial charge is 0.412 e. The minimum absolute atomic E-state index is 0.142. The molecule has 2 unspecified atom stereocenters. The first kappa shape index (κ1) is 36.9. The van der Waals surface area contributed by atoms with Crippen molar-refractivity contribution in [2.45, 2.75) is 52.0 Å². The quantitative estimate of drug-likeness (QED) is 0.167. The number of ether oxygens (including phenoxy) is 1. The Hall–Kier alpha value is -3.84. The molecule has 0 radical (unpaired) electrons. The molecule has 0 saturated carbocycles. The molecular weight excluding hydrogens is 707 g/mol. The van der Waals surface area contributed by atoms with E-state index in [2.05, 4.69) is 32.3 Å². The Balaban J connectivity index is 1.31. The molecule has 2 atom stereocenters. The van der Waals surface area contributed by atoms with E-state index in [1.54, 1.807) is 42.8 Å². The Bertz CT molecular complexity index is 1970. The van der Waals surface area contributed by atoms with Crippen molar-refractivity contribution in [1.29, 1.82) is 0 Å². The summed E-state index contributed by atoms with van der Waals surface area (Å²) in [6.07, 6.45) is -3.09. The average molecular weight is 748 g/mol. The summed E-state index contributed by atoms with van der Waals surface area (Å²) in [6, 6.07) is 8.52. The molecule has 1 fully saturated rings. The normalized spacial score (nSPS) is 17.4. The van der Waals surface area contributed by atoms with Gasteiger partial charge >= 0.3 is 6.18 Å². The van der Waals surface area contributed by atoms with Crippen LogP contribution in [0.2, 0.25) is 10.0 Å². The fourth-order valence-corrected chi connectivity index (χ4v) is 7.69. The molecule has 1 aromatic heterocycles. The van der Waals surface area contributed by atoms with Crippen LogP contribution >= 0.6 is 23.2 Å². The second-order valence-electron chi connectivity index (χ2n) is 13.5. The maximum atomic E-state index is 16.0. The molecule has 3 aromatic carbocycles. The molecule has 4 aromatic rings. The highest BCUT2D eigenvalue weighted by Gasteiger charge is 2.43. The minimum atomic E-state index is -4.85. The van der Waals surface area contributed by atoms with E-state index in [-0.39, 0.29) is 38.4 Å². The van der Waals surface area contributed by atoms with E-state index < -0.39 is 29.6 Å². The van der Waals surface area contributed by atoms with Gasteiger partial charge in [-0.3, -0.25) is 9.69 Å². The maximum Gasteiger partial charge on any atom is 0.412 e. The van der Waals surface area contributed by atoms with Gasteiger partial charge in [-0.15, -0.1) is 0 Å². The fraction of sp³-hybridized carbons (Fsp3) is 0.405. The van der Waals surface area contributed by atoms with E-state index in [0.29, 0.717) is 35.7 Å². The second-order valence-corrected chi connectivity index (χ2v) is 14.3. The number of nitrogens with zero attached hydrogens (tertiary/aromatic N) is 4. The van der Waals surface area contributed by atoms with Crippen LogP contribution in [-0.2, 0) is 26.6 Å². The summed E-state index contributed by atoms with van der Waals surface area (Å²) in [4.78, 5) is 22.2. The number of anilines is 2. The number of aromatic nitrogens is 2. The summed E-state index contributed by atoms with van der Waals surface area (Å²) in [5, 5.41) is 5.15. The van der Waals surface area contributed by atoms with Gasteiger partial charge in [0.15, 0.2) is 17.4 Å². The highest BCUT2D eigenvalue weighted by atomic mass is 35.5. The van der Waals surface area contributed by atoms with Crippen LogP contribution in [-0.4, -0.2) is 65.2 Å². The van der Waals surface area contributed by atoms with Gasteiger partial charge in [0.05, 0.1) is 34.2 Å². The predicted molar refractivity (Wildman–Crippen MR) is 192 cm³/mol. The summed E-state index contributed by atoms with van der Waals surface area (Å²) in [6.45, 7) is 7.14. The Morgan fingerprint density at radius 2 is 1.84 bits per heavy atom. The van der Waals surface area contributed by atoms with Gasteiger partial charge in [-0.05, 0) is 61.7 Å². The number of halogens is 6. The Labute approximate surface area is 304 Å². The highest BCUT2D eigenvalue weighted by Crippen LogP contribution is 2.45. The monoisotopic (exact) mass is 746 g/mol. The van der Waals surface area contributed by atoms with Crippen molar-refractivity contribution in [2.24, 2.45) is 13.0 Å². The van der Waals surface area contributed by atoms with Gasteiger partial charge < -0.3 is 24.8 Å². The number of fused-ring (bicyclic) bond motifs is 1. The van der Waals surface area contributed by atoms with Crippen molar-refractivity contribution >= 4 is 40.5 Å². The number of likely N-dealkylation sites (tertiary alicyclic amines) is 1. The Morgan fingerprint density at radius 3 is 2.53 bits per heavy atom. The van der Waals surface area contributed by atoms with Gasteiger partial charge in [-0.2, -0.15) is 13.2 Å². The standard InChI is InChI=1S/C37H40Cl2F4N6O2/c1-20-12-15-49(17-20)18-22-16-26(38)32(31(40)33(22)51-5)46-34(37(41,42)43)24-9-6-8-23(21(24)2)25-10-7-11-27(30(25)39)45-36(50)35-44-28-19-47(3)14-13-29(28)48(35)4/h6-11,16,20,34,46H,12-15,17-19H2,1-5H3,(H,45,50). The van der Waals surface area contributed by atoms with E-state index in [4.69, 9.17) is 27.9 Å². The van der Waals surface area contributed by atoms with Crippen LogP contribution in [0, 0.1) is 18.7 Å². The molecule has 272 valence electrons. The van der Waals surface area contributed by atoms with E-state index in [1.165, 1.54) is 25.3 Å². The zero-order chi connectivity index (χ0) is 36.8. The molecule has 51 heavy (non-hydrogen) atoms. The predicted octanol–water partition coefficient (Wildman–Crippen LogP) is 8.65. The zero-order valence-corrected chi connectivity index (χ0v) is 30.5. The van der Waals surface area contributed by atoms with Crippen LogP contribution in [0.1, 0.15) is 58.1 Å². The Kier molecular flexibility index (Phi) is 10.6. The van der Waals surface area contributed by atoms with Gasteiger partial charge in [0.25, 0.3) is 5.91 Å². The van der Waals surface area contributed by atoms with Crippen molar-refractivity contribution in [3.63, 3.8) is 0 Å². The van der Waals surface area contributed by atoms with Crippen LogP contribution < -0.4 is 15.4 Å². The topological polar surface area (TPSA) is 74.7 Å². The maximum absolute atomic E-state index is 16.0. The van der Waals surface area contributed by atoms with Crippen LogP contribution in [0.3, 0.4) is 0 Å². The van der Waals surface area contributed by atoms with E-state index >= 15 is 4.39 Å². The lowest BCUT2D eigenvalue weighted by Gasteiger charge is -2.27. The molecule has 0 spiro atoms. The van der Waals surface area contributed by atoms with Gasteiger partial charge in [-0.25, -0.2) is 9.37 Å². The number of likely N-dealkylation sites (N-methyl/N-ethyl adjacent to an activating group) is 1. The summed E-state index contributed by atoms with van der Waals surface area (Å²) in [5.74, 6) is -0.899. The van der Waals surface area contributed by atoms with Crippen molar-refractivity contribution in [2.75, 3.05) is 44.4 Å². The van der Waals surface area contributed by atoms with Crippen molar-refractivity contribution in [3.8, 4) is 16.9 Å². The molecular formula is C37H40Cl2F4N6O2. The molecule has 3 heterocycles. The number of hydrogen-bond acceptors (Lipinski definition) is 6. The van der Waals surface area contributed by atoms with Crippen molar-refractivity contribution in [1.82, 2.24) is 19.4 Å². The summed E-state index contributed by atoms with van der Waals surface area (Å²) >= 11 is 13.3. The fourth-order valence-electron chi connectivity index (χ4n) is 7.15. The average Bonchev–Trinajstić information content (AvgIpc) is 3.63. The number of methoxy groups -OCH3 is 1. The number of rotatable bonds is 9. The molecule has 2 N–H and O–H groups in total. The first-order valence-electron chi connectivity index (χ1n) is 16.7. The Morgan fingerprint density at radius 1 is 1.12 bits per heavy atom. The van der Waals surface area contributed by atoms with Gasteiger partial charge in [0.1, 0.15) is 6.04 Å². The van der Waals surface area contributed by atoms with Gasteiger partial charge in [-0.1, -0.05) is 60.5 Å². The molecule has 0 bridgehead atoms. The van der Waals surface area contributed by atoms with Gasteiger partial charge in [0.2, 0.25) is 0 Å². The highest BCUT2D eigenvalue weighted by molar-refractivity contribution is 6.36. The van der Waals surface area contributed by atoms with Crippen LogP contribution in [0.4, 0.5) is 28.9 Å². The van der Waals surface area contributed by atoms with Crippen LogP contribution in [0.15, 0.2) is 42.5 Å². The number of hydrogen-bond donors (Lipinski definition) is 2. The molecule has 1 saturated heterocycles. The van der Waals surface area contributed by atoms with Crippen molar-refractivity contribution in [3.05, 3.63) is 92.2 Å². The molecule has 0 aliphatic carbocycles. The molecule has 6 rings (SSSR count). The molecule has 14 heteroatoms. The number of amides is 1. The first-order valence-corrected chi connectivity index (χ1v) is 17.5. The molecule has 2 aliphatic heterocycles. The number of imidazole rings is 1. The van der Waals surface area contributed by atoms with E-state index in [1.807, 2.05) is 7.05 Å². The lowest BCUT2D eigenvalue weighted by Crippen LogP contribution is -2.29. The third kappa shape index (κ3) is 7.42. The van der Waals surface area contributed by atoms with E-state index in [9.17, 15) is 18.0 Å². The first-order chi connectivity index (χ1) is 24.2. The van der Waals surface area contributed by atoms with Crippen LogP contribution in [0.25, 0.3) is 11.1 Å². The van der Waals surface area contributed by atoms with Crippen molar-refractivity contribution < 1.29 is 27.1 Å². The summed E-state index contributed by atoms with van der Waals surface area (Å²) in [7, 11) is 5.07. The SMILES string of the molecule is COc1c(CN2CCC(C)C2)cc(Cl)c(NC(c2cccc(-c3cccc(NC(=O)c4nc5c(n4C)CCN(C)C5)c3Cl)c2C)C(F)(F)F)c1F. The third-order valence-electron chi connectivity index (χ3n) is 9.85. The lowest BCUT2D eigenvalue weighted by atomic mass is 9.92. The number of carbonyl (C=O) groups is 1. The number of alkyl halides is 3. The summed E-state index contributed by atoms with van der Waals surface area (Å²) in [5.41, 5.74) is 2.95. The van der Waals surface area contributed by atoms with Crippen LogP contribution in [0.5, 0.6) is 5.75 Å². The number of nitrogens with one attached hydrogen (secondary N) is 2. The second kappa shape index (κ2) is 14.7. The lowest BCUT2D eigenvalue weighted by molar-refractivity contribution is -0.144. The largest absolute Gasteiger partial charge is 0.493 e. The van der Waals surface area contributed by atoms with Gasteiger partial charge in [0, 0.05) is 56.5 Å².